The number of benzene rings is 1. The number of hydrogen-bond acceptors (Lipinski definition) is 10. The first-order chi connectivity index (χ1) is 13.1. The van der Waals surface area contributed by atoms with E-state index in [9.17, 15) is 14.9 Å². The van der Waals surface area contributed by atoms with Crippen molar-refractivity contribution in [1.29, 1.82) is 0 Å². The van der Waals surface area contributed by atoms with Crippen LogP contribution in [0.15, 0.2) is 40.2 Å². The molecule has 0 atom stereocenters. The molecule has 0 bridgehead atoms. The molecule has 0 N–H and O–H groups in total. The lowest BCUT2D eigenvalue weighted by Crippen LogP contribution is -2.15. The van der Waals surface area contributed by atoms with Gasteiger partial charge in [-0.1, -0.05) is 11.2 Å². The second-order valence-electron chi connectivity index (χ2n) is 5.03. The summed E-state index contributed by atoms with van der Waals surface area (Å²) in [5, 5.41) is 16.5. The van der Waals surface area contributed by atoms with Crippen LogP contribution in [0.25, 0.3) is 10.8 Å². The zero-order valence-corrected chi connectivity index (χ0v) is 14.8. The predicted octanol–water partition coefficient (Wildman–Crippen LogP) is 2.84. The van der Waals surface area contributed by atoms with Crippen LogP contribution < -0.4 is 9.47 Å². The maximum Gasteiger partial charge on any atom is 0.344 e. The molecule has 0 amide bonds. The third-order valence-electron chi connectivity index (χ3n) is 3.27. The van der Waals surface area contributed by atoms with Crippen molar-refractivity contribution in [3.05, 3.63) is 51.7 Å². The van der Waals surface area contributed by atoms with Crippen LogP contribution in [0.5, 0.6) is 11.5 Å². The molecular weight excluding hydrogens is 378 g/mol. The van der Waals surface area contributed by atoms with Crippen molar-refractivity contribution in [2.45, 2.75) is 6.61 Å². The number of hydrogen-bond donors (Lipinski definition) is 0. The molecule has 3 aromatic rings. The van der Waals surface area contributed by atoms with E-state index in [1.54, 1.807) is 0 Å². The van der Waals surface area contributed by atoms with Gasteiger partial charge in [0.1, 0.15) is 5.75 Å². The van der Waals surface area contributed by atoms with Gasteiger partial charge in [0.05, 0.1) is 16.9 Å². The van der Waals surface area contributed by atoms with Crippen LogP contribution in [0.3, 0.4) is 0 Å². The molecule has 0 aliphatic heterocycles. The monoisotopic (exact) mass is 391 g/mol. The Labute approximate surface area is 156 Å². The number of methoxy groups -OCH3 is 1. The molecule has 0 spiro atoms. The van der Waals surface area contributed by atoms with Crippen molar-refractivity contribution in [2.24, 2.45) is 0 Å². The molecule has 27 heavy (non-hydrogen) atoms. The van der Waals surface area contributed by atoms with Crippen LogP contribution in [0.2, 0.25) is 0 Å². The van der Waals surface area contributed by atoms with Gasteiger partial charge in [0.15, 0.2) is 13.2 Å². The Morgan fingerprint density at radius 3 is 2.93 bits per heavy atom. The summed E-state index contributed by atoms with van der Waals surface area (Å²) in [6.45, 7) is -0.558. The van der Waals surface area contributed by atoms with Crippen molar-refractivity contribution in [3.63, 3.8) is 0 Å². The Morgan fingerprint density at radius 2 is 2.22 bits per heavy atom. The van der Waals surface area contributed by atoms with Gasteiger partial charge in [0.2, 0.25) is 11.6 Å². The summed E-state index contributed by atoms with van der Waals surface area (Å²) >= 11 is 1.45. The van der Waals surface area contributed by atoms with Crippen LogP contribution in [0.4, 0.5) is 5.69 Å². The molecule has 3 rings (SSSR count). The standard InChI is InChI=1S/C16H13N3O7S/c1-23-12-7-10(4-5-11(12)19(21)22)24-9-15(20)25-8-14-17-16(26-18-14)13-3-2-6-27-13/h2-7H,8-9H2,1H3. The summed E-state index contributed by atoms with van der Waals surface area (Å²) in [5.41, 5.74) is -0.203. The minimum Gasteiger partial charge on any atom is -0.490 e. The molecule has 0 saturated heterocycles. The van der Waals surface area contributed by atoms with E-state index in [0.29, 0.717) is 5.89 Å². The van der Waals surface area contributed by atoms with Crippen LogP contribution in [-0.2, 0) is 16.1 Å². The minimum atomic E-state index is -0.658. The SMILES string of the molecule is COc1cc(OCC(=O)OCc2noc(-c3cccs3)n2)ccc1[N+](=O)[O-]. The zero-order valence-electron chi connectivity index (χ0n) is 14.0. The first-order valence-corrected chi connectivity index (χ1v) is 8.42. The van der Waals surface area contributed by atoms with Crippen molar-refractivity contribution in [3.8, 4) is 22.3 Å². The van der Waals surface area contributed by atoms with E-state index < -0.39 is 17.5 Å². The second kappa shape index (κ2) is 8.27. The molecule has 0 aliphatic rings. The highest BCUT2D eigenvalue weighted by Crippen LogP contribution is 2.30. The first-order valence-electron chi connectivity index (χ1n) is 7.54. The van der Waals surface area contributed by atoms with Crippen LogP contribution >= 0.6 is 11.3 Å². The van der Waals surface area contributed by atoms with E-state index in [1.165, 1.54) is 36.6 Å². The van der Waals surface area contributed by atoms with Gasteiger partial charge >= 0.3 is 11.7 Å². The van der Waals surface area contributed by atoms with E-state index >= 15 is 0 Å². The highest BCUT2D eigenvalue weighted by atomic mass is 32.1. The smallest absolute Gasteiger partial charge is 0.344 e. The van der Waals surface area contributed by atoms with Crippen molar-refractivity contribution >= 4 is 23.0 Å². The van der Waals surface area contributed by atoms with Gasteiger partial charge in [-0.2, -0.15) is 4.98 Å². The number of rotatable bonds is 8. The lowest BCUT2D eigenvalue weighted by molar-refractivity contribution is -0.385. The molecule has 140 valence electrons. The van der Waals surface area contributed by atoms with E-state index in [1.807, 2.05) is 17.5 Å². The number of esters is 1. The highest BCUT2D eigenvalue weighted by Gasteiger charge is 2.16. The normalized spacial score (nSPS) is 10.4. The fraction of sp³-hybridized carbons (Fsp3) is 0.188. The topological polar surface area (TPSA) is 127 Å². The van der Waals surface area contributed by atoms with Gasteiger partial charge in [0.25, 0.3) is 5.89 Å². The number of carbonyl (C=O) groups excluding carboxylic acids is 1. The van der Waals surface area contributed by atoms with E-state index in [0.717, 1.165) is 4.88 Å². The quantitative estimate of drug-likeness (QED) is 0.323. The van der Waals surface area contributed by atoms with Gasteiger partial charge in [-0.15, -0.1) is 11.3 Å². The third kappa shape index (κ3) is 4.58. The first kappa shape index (κ1) is 18.3. The summed E-state index contributed by atoms with van der Waals surface area (Å²) in [4.78, 5) is 27.0. The summed E-state index contributed by atoms with van der Waals surface area (Å²) in [6.07, 6.45) is 0. The number of thiophene rings is 1. The molecule has 10 nitrogen and oxygen atoms in total. The molecule has 0 unspecified atom stereocenters. The summed E-state index contributed by atoms with van der Waals surface area (Å²) in [5.74, 6) is 0.177. The Kier molecular flexibility index (Phi) is 5.61. The maximum absolute atomic E-state index is 11.8. The number of nitrogens with zero attached hydrogens (tertiary/aromatic N) is 3. The Morgan fingerprint density at radius 1 is 1.37 bits per heavy atom. The van der Waals surface area contributed by atoms with Gasteiger partial charge in [0, 0.05) is 12.1 Å². The molecule has 2 aromatic heterocycles. The summed E-state index contributed by atoms with van der Waals surface area (Å²) < 4.78 is 20.3. The zero-order chi connectivity index (χ0) is 19.2. The molecule has 0 radical (unpaired) electrons. The number of aromatic nitrogens is 2. The van der Waals surface area contributed by atoms with Crippen molar-refractivity contribution in [1.82, 2.24) is 10.1 Å². The van der Waals surface area contributed by atoms with Crippen LogP contribution in [0.1, 0.15) is 5.82 Å². The van der Waals surface area contributed by atoms with Crippen LogP contribution in [-0.4, -0.2) is 34.7 Å². The molecule has 0 saturated carbocycles. The predicted molar refractivity (Wildman–Crippen MR) is 92.6 cm³/mol. The summed E-state index contributed by atoms with van der Waals surface area (Å²) in [6, 6.07) is 7.60. The van der Waals surface area contributed by atoms with E-state index in [-0.39, 0.29) is 29.6 Å². The van der Waals surface area contributed by atoms with Gasteiger partial charge in [-0.3, -0.25) is 10.1 Å². The van der Waals surface area contributed by atoms with Crippen LogP contribution in [0, 0.1) is 10.1 Å². The number of nitro benzene ring substituents is 1. The Balaban J connectivity index is 1.51. The van der Waals surface area contributed by atoms with E-state index in [4.69, 9.17) is 18.7 Å². The Bertz CT molecular complexity index is 939. The molecule has 1 aromatic carbocycles. The Hall–Kier alpha value is -3.47. The average Bonchev–Trinajstić information content (AvgIpc) is 3.35. The molecule has 0 fully saturated rings. The van der Waals surface area contributed by atoms with Gasteiger partial charge < -0.3 is 18.7 Å². The lowest BCUT2D eigenvalue weighted by atomic mass is 10.3. The largest absolute Gasteiger partial charge is 0.490 e. The third-order valence-corrected chi connectivity index (χ3v) is 4.12. The van der Waals surface area contributed by atoms with Crippen molar-refractivity contribution in [2.75, 3.05) is 13.7 Å². The number of nitro groups is 1. The minimum absolute atomic E-state index is 0.0266. The molecule has 11 heteroatoms. The highest BCUT2D eigenvalue weighted by molar-refractivity contribution is 7.13. The fourth-order valence-electron chi connectivity index (χ4n) is 2.04. The summed E-state index contributed by atoms with van der Waals surface area (Å²) in [7, 11) is 1.30. The van der Waals surface area contributed by atoms with Gasteiger partial charge in [-0.05, 0) is 17.5 Å². The maximum atomic E-state index is 11.8. The van der Waals surface area contributed by atoms with Gasteiger partial charge in [-0.25, -0.2) is 4.79 Å². The fourth-order valence-corrected chi connectivity index (χ4v) is 2.69. The molecular formula is C16H13N3O7S. The molecule has 0 aliphatic carbocycles. The number of ether oxygens (including phenoxy) is 3. The second-order valence-corrected chi connectivity index (χ2v) is 5.98. The van der Waals surface area contributed by atoms with Crippen molar-refractivity contribution < 1.29 is 28.5 Å². The number of carbonyl (C=O) groups is 1. The molecule has 2 heterocycles. The lowest BCUT2D eigenvalue weighted by Gasteiger charge is -2.07. The van der Waals surface area contributed by atoms with E-state index in [2.05, 4.69) is 10.1 Å². The average molecular weight is 391 g/mol.